The molecule has 76 valence electrons. The predicted octanol–water partition coefficient (Wildman–Crippen LogP) is 4.18. The zero-order chi connectivity index (χ0) is 9.84. The maximum absolute atomic E-state index is 13.4. The smallest absolute Gasteiger partial charge is 0.192 e. The fraction of sp³-hybridized carbons (Fsp3) is 0.800. The molecule has 1 aliphatic rings. The van der Waals surface area contributed by atoms with E-state index in [0.29, 0.717) is 6.42 Å². The summed E-state index contributed by atoms with van der Waals surface area (Å²) < 4.78 is 18.6. The molecule has 0 amide bonds. The second kappa shape index (κ2) is 5.17. The Labute approximate surface area is 93.4 Å². The lowest BCUT2D eigenvalue weighted by Gasteiger charge is -2.26. The molecule has 0 aromatic carbocycles. The van der Waals surface area contributed by atoms with Crippen LogP contribution in [0, 0.1) is 5.92 Å². The minimum absolute atomic E-state index is 0.116. The Morgan fingerprint density at radius 3 is 2.77 bits per heavy atom. The van der Waals surface area contributed by atoms with Crippen LogP contribution in [0.5, 0.6) is 0 Å². The average Bonchev–Trinajstić information content (AvgIpc) is 2.11. The highest BCUT2D eigenvalue weighted by Gasteiger charge is 2.27. The van der Waals surface area contributed by atoms with E-state index in [0.717, 1.165) is 25.0 Å². The van der Waals surface area contributed by atoms with Gasteiger partial charge in [0.15, 0.2) is 23.0 Å². The summed E-state index contributed by atoms with van der Waals surface area (Å²) in [5.41, 5.74) is 1.18. The van der Waals surface area contributed by atoms with Gasteiger partial charge >= 0.3 is 0 Å². The van der Waals surface area contributed by atoms with E-state index in [9.17, 15) is 4.39 Å². The van der Waals surface area contributed by atoms with Crippen molar-refractivity contribution in [3.8, 4) is 0 Å². The van der Waals surface area contributed by atoms with Gasteiger partial charge in [-0.2, -0.15) is 0 Å². The van der Waals surface area contributed by atoms with E-state index in [2.05, 4.69) is 6.92 Å². The molecule has 1 nitrogen and oxygen atoms in total. The van der Waals surface area contributed by atoms with Crippen molar-refractivity contribution >= 4 is 23.0 Å². The number of hydrogen-bond donors (Lipinski definition) is 0. The quantitative estimate of drug-likeness (QED) is 0.710. The first-order chi connectivity index (χ1) is 6.19. The molecule has 0 saturated heterocycles. The van der Waals surface area contributed by atoms with E-state index in [4.69, 9.17) is 3.07 Å². The van der Waals surface area contributed by atoms with E-state index in [1.165, 1.54) is 5.57 Å². The zero-order valence-corrected chi connectivity index (χ0v) is 10.3. The fourth-order valence-electron chi connectivity index (χ4n) is 1.74. The molecule has 0 fully saturated rings. The van der Waals surface area contributed by atoms with E-state index in [-0.39, 0.29) is 5.92 Å². The van der Waals surface area contributed by atoms with Crippen molar-refractivity contribution in [1.29, 1.82) is 0 Å². The van der Waals surface area contributed by atoms with Gasteiger partial charge in [-0.3, -0.25) is 0 Å². The number of rotatable bonds is 3. The van der Waals surface area contributed by atoms with Crippen molar-refractivity contribution in [1.82, 2.24) is 0 Å². The second-order valence-electron chi connectivity index (χ2n) is 3.76. The SMILES string of the molecule is CCCC1=C(OI)CC(C)C(F)C1. The van der Waals surface area contributed by atoms with Gasteiger partial charge in [-0.15, -0.1) is 0 Å². The third-order valence-corrected chi connectivity index (χ3v) is 3.14. The van der Waals surface area contributed by atoms with Crippen molar-refractivity contribution in [3.05, 3.63) is 11.3 Å². The Morgan fingerprint density at radius 2 is 2.23 bits per heavy atom. The molecular formula is C10H16FIO. The van der Waals surface area contributed by atoms with Gasteiger partial charge in [0.1, 0.15) is 11.9 Å². The molecule has 0 aromatic heterocycles. The van der Waals surface area contributed by atoms with Crippen LogP contribution in [-0.2, 0) is 3.07 Å². The van der Waals surface area contributed by atoms with Crippen LogP contribution in [0.15, 0.2) is 11.3 Å². The Kier molecular flexibility index (Phi) is 4.49. The summed E-state index contributed by atoms with van der Waals surface area (Å²) in [5.74, 6) is 1.13. The molecule has 0 saturated carbocycles. The lowest BCUT2D eigenvalue weighted by molar-refractivity contribution is 0.207. The number of hydrogen-bond acceptors (Lipinski definition) is 1. The summed E-state index contributed by atoms with van der Waals surface area (Å²) in [5, 5.41) is 0. The van der Waals surface area contributed by atoms with Gasteiger partial charge in [0.2, 0.25) is 0 Å². The van der Waals surface area contributed by atoms with E-state index in [1.807, 2.05) is 29.9 Å². The topological polar surface area (TPSA) is 9.23 Å². The van der Waals surface area contributed by atoms with Gasteiger partial charge in [0.25, 0.3) is 0 Å². The largest absolute Gasteiger partial charge is 0.432 e. The van der Waals surface area contributed by atoms with Crippen molar-refractivity contribution in [3.63, 3.8) is 0 Å². The minimum atomic E-state index is -0.670. The maximum atomic E-state index is 13.4. The lowest BCUT2D eigenvalue weighted by Crippen LogP contribution is -2.20. The first kappa shape index (κ1) is 11.3. The second-order valence-corrected chi connectivity index (χ2v) is 4.20. The highest BCUT2D eigenvalue weighted by atomic mass is 127. The molecule has 13 heavy (non-hydrogen) atoms. The van der Waals surface area contributed by atoms with Crippen LogP contribution < -0.4 is 0 Å². The summed E-state index contributed by atoms with van der Waals surface area (Å²) in [6.45, 7) is 4.06. The fourth-order valence-corrected chi connectivity index (χ4v) is 2.24. The van der Waals surface area contributed by atoms with E-state index in [1.54, 1.807) is 0 Å². The standard InChI is InChI=1S/C10H16FIO/c1-3-4-8-6-9(11)7(2)5-10(8)13-12/h7,9H,3-6H2,1-2H3. The van der Waals surface area contributed by atoms with Crippen LogP contribution in [0.3, 0.4) is 0 Å². The molecule has 0 radical (unpaired) electrons. The van der Waals surface area contributed by atoms with E-state index >= 15 is 0 Å². The molecule has 1 rings (SSSR count). The monoisotopic (exact) mass is 298 g/mol. The van der Waals surface area contributed by atoms with Crippen LogP contribution in [0.25, 0.3) is 0 Å². The van der Waals surface area contributed by atoms with Crippen LogP contribution in [0.2, 0.25) is 0 Å². The van der Waals surface area contributed by atoms with Gasteiger partial charge in [0.05, 0.1) is 0 Å². The molecule has 1 aliphatic carbocycles. The molecule has 2 atom stereocenters. The summed E-state index contributed by atoms with van der Waals surface area (Å²) in [6, 6.07) is 0. The Balaban J connectivity index is 2.72. The number of allylic oxidation sites excluding steroid dienone is 2. The van der Waals surface area contributed by atoms with Gasteiger partial charge in [-0.25, -0.2) is 4.39 Å². The summed E-state index contributed by atoms with van der Waals surface area (Å²) in [6.07, 6.45) is 2.72. The first-order valence-corrected chi connectivity index (χ1v) is 5.70. The average molecular weight is 298 g/mol. The Hall–Kier alpha value is 0.200. The molecule has 3 heteroatoms. The highest BCUT2D eigenvalue weighted by Crippen LogP contribution is 2.35. The summed E-state index contributed by atoms with van der Waals surface area (Å²) in [7, 11) is 0. The van der Waals surface area contributed by atoms with Crippen LogP contribution >= 0.6 is 23.0 Å². The molecule has 0 heterocycles. The van der Waals surface area contributed by atoms with Crippen LogP contribution in [0.1, 0.15) is 39.5 Å². The third kappa shape index (κ3) is 2.82. The molecule has 0 N–H and O–H groups in total. The third-order valence-electron chi connectivity index (χ3n) is 2.61. The van der Waals surface area contributed by atoms with Crippen molar-refractivity contribution < 1.29 is 7.46 Å². The first-order valence-electron chi connectivity index (χ1n) is 4.82. The normalized spacial score (nSPS) is 29.2. The molecule has 0 bridgehead atoms. The van der Waals surface area contributed by atoms with Gasteiger partial charge in [-0.1, -0.05) is 20.3 Å². The highest BCUT2D eigenvalue weighted by molar-refractivity contribution is 14.1. The van der Waals surface area contributed by atoms with Crippen molar-refractivity contribution in [2.45, 2.75) is 45.7 Å². The maximum Gasteiger partial charge on any atom is 0.192 e. The molecule has 0 aliphatic heterocycles. The van der Waals surface area contributed by atoms with Gasteiger partial charge in [-0.05, 0) is 17.9 Å². The van der Waals surface area contributed by atoms with Crippen molar-refractivity contribution in [2.75, 3.05) is 0 Å². The van der Waals surface area contributed by atoms with Crippen molar-refractivity contribution in [2.24, 2.45) is 5.92 Å². The number of halogens is 2. The molecule has 0 spiro atoms. The van der Waals surface area contributed by atoms with Gasteiger partial charge in [0, 0.05) is 12.8 Å². The molecule has 0 aromatic rings. The minimum Gasteiger partial charge on any atom is -0.432 e. The van der Waals surface area contributed by atoms with Crippen LogP contribution in [-0.4, -0.2) is 6.17 Å². The van der Waals surface area contributed by atoms with Gasteiger partial charge < -0.3 is 3.07 Å². The lowest BCUT2D eigenvalue weighted by atomic mass is 9.86. The van der Waals surface area contributed by atoms with Crippen LogP contribution in [0.4, 0.5) is 4.39 Å². The Bertz CT molecular complexity index is 203. The molecular weight excluding hydrogens is 282 g/mol. The predicted molar refractivity (Wildman–Crippen MR) is 60.3 cm³/mol. The summed E-state index contributed by atoms with van der Waals surface area (Å²) >= 11 is 1.90. The summed E-state index contributed by atoms with van der Waals surface area (Å²) in [4.78, 5) is 0. The zero-order valence-electron chi connectivity index (χ0n) is 8.15. The Morgan fingerprint density at radius 1 is 1.54 bits per heavy atom. The van der Waals surface area contributed by atoms with E-state index < -0.39 is 6.17 Å². The number of alkyl halides is 1. The molecule has 2 unspecified atom stereocenters.